The number of nitrogens with one attached hydrogen (secondary N) is 1. The molecule has 3 aromatic rings. The SMILES string of the molecule is CC(=O)c1cccc(NC(=O)[C@@H](C)Sc2nnc(-c3ccccc3C)o2)c1. The Morgan fingerprint density at radius 1 is 1.11 bits per heavy atom. The molecule has 1 amide bonds. The van der Waals surface area contributed by atoms with Gasteiger partial charge in [-0.05, 0) is 44.5 Å². The maximum absolute atomic E-state index is 12.4. The van der Waals surface area contributed by atoms with Gasteiger partial charge in [0.25, 0.3) is 5.22 Å². The van der Waals surface area contributed by atoms with Gasteiger partial charge >= 0.3 is 0 Å². The standard InChI is InChI=1S/C20H19N3O3S/c1-12-7-4-5-10-17(12)19-22-23-20(26-19)27-14(3)18(25)21-16-9-6-8-15(11-16)13(2)24/h4-11,14H,1-3H3,(H,21,25)/t14-/m1/s1. The number of Topliss-reactive ketones (excluding diaryl/α,β-unsaturated/α-hetero) is 1. The van der Waals surface area contributed by atoms with Gasteiger partial charge in [-0.1, -0.05) is 42.1 Å². The highest BCUT2D eigenvalue weighted by molar-refractivity contribution is 8.00. The molecule has 1 atom stereocenters. The van der Waals surface area contributed by atoms with Gasteiger partial charge in [-0.3, -0.25) is 9.59 Å². The van der Waals surface area contributed by atoms with Crippen molar-refractivity contribution >= 4 is 29.1 Å². The molecule has 0 saturated carbocycles. The predicted molar refractivity (Wildman–Crippen MR) is 105 cm³/mol. The molecule has 27 heavy (non-hydrogen) atoms. The lowest BCUT2D eigenvalue weighted by Crippen LogP contribution is -2.22. The minimum atomic E-state index is -0.448. The monoisotopic (exact) mass is 381 g/mol. The highest BCUT2D eigenvalue weighted by Crippen LogP contribution is 2.28. The van der Waals surface area contributed by atoms with Crippen molar-refractivity contribution in [2.75, 3.05) is 5.32 Å². The summed E-state index contributed by atoms with van der Waals surface area (Å²) >= 11 is 1.18. The Bertz CT molecular complexity index is 984. The molecule has 1 aromatic heterocycles. The number of ketones is 1. The second kappa shape index (κ2) is 8.18. The fourth-order valence-electron chi connectivity index (χ4n) is 2.44. The number of carbonyl (C=O) groups excluding carboxylic acids is 2. The molecule has 6 nitrogen and oxygen atoms in total. The van der Waals surface area contributed by atoms with Crippen molar-refractivity contribution < 1.29 is 14.0 Å². The van der Waals surface area contributed by atoms with Crippen molar-refractivity contribution in [2.24, 2.45) is 0 Å². The first kappa shape index (κ1) is 18.8. The van der Waals surface area contributed by atoms with Gasteiger partial charge in [0.15, 0.2) is 5.78 Å². The third-order valence-corrected chi connectivity index (χ3v) is 4.90. The average molecular weight is 381 g/mol. The molecule has 2 aromatic carbocycles. The number of thioether (sulfide) groups is 1. The van der Waals surface area contributed by atoms with Gasteiger partial charge in [-0.25, -0.2) is 0 Å². The Hall–Kier alpha value is -2.93. The molecule has 0 saturated heterocycles. The van der Waals surface area contributed by atoms with Gasteiger partial charge in [0.05, 0.1) is 5.25 Å². The van der Waals surface area contributed by atoms with Crippen molar-refractivity contribution in [2.45, 2.75) is 31.2 Å². The highest BCUT2D eigenvalue weighted by Gasteiger charge is 2.19. The van der Waals surface area contributed by atoms with Crippen LogP contribution in [0.5, 0.6) is 0 Å². The summed E-state index contributed by atoms with van der Waals surface area (Å²) in [6.07, 6.45) is 0. The number of aromatic nitrogens is 2. The number of anilines is 1. The lowest BCUT2D eigenvalue weighted by molar-refractivity contribution is -0.115. The van der Waals surface area contributed by atoms with Gasteiger partial charge < -0.3 is 9.73 Å². The summed E-state index contributed by atoms with van der Waals surface area (Å²) < 4.78 is 5.69. The van der Waals surface area contributed by atoms with Crippen LogP contribution in [0.3, 0.4) is 0 Å². The van der Waals surface area contributed by atoms with Crippen molar-refractivity contribution in [3.63, 3.8) is 0 Å². The number of amides is 1. The molecule has 7 heteroatoms. The number of hydrogen-bond acceptors (Lipinski definition) is 6. The van der Waals surface area contributed by atoms with E-state index in [1.807, 2.05) is 31.2 Å². The molecule has 0 fully saturated rings. The Labute approximate surface area is 161 Å². The molecule has 0 radical (unpaired) electrons. The number of hydrogen-bond donors (Lipinski definition) is 1. The highest BCUT2D eigenvalue weighted by atomic mass is 32.2. The zero-order chi connectivity index (χ0) is 19.4. The van der Waals surface area contributed by atoms with Crippen LogP contribution in [0.2, 0.25) is 0 Å². The first-order valence-electron chi connectivity index (χ1n) is 8.42. The zero-order valence-electron chi connectivity index (χ0n) is 15.2. The van der Waals surface area contributed by atoms with E-state index in [1.165, 1.54) is 18.7 Å². The smallest absolute Gasteiger partial charge is 0.277 e. The summed E-state index contributed by atoms with van der Waals surface area (Å²) in [5, 5.41) is 10.8. The third-order valence-electron chi connectivity index (χ3n) is 3.97. The molecule has 0 bridgehead atoms. The van der Waals surface area contributed by atoms with Crippen LogP contribution < -0.4 is 5.32 Å². The Balaban J connectivity index is 1.66. The first-order valence-corrected chi connectivity index (χ1v) is 9.30. The van der Waals surface area contributed by atoms with Gasteiger partial charge in [-0.15, -0.1) is 10.2 Å². The van der Waals surface area contributed by atoms with Crippen molar-refractivity contribution in [1.82, 2.24) is 10.2 Å². The van der Waals surface area contributed by atoms with E-state index in [9.17, 15) is 9.59 Å². The van der Waals surface area contributed by atoms with Crippen LogP contribution in [0.1, 0.15) is 29.8 Å². The molecule has 3 rings (SSSR count). The van der Waals surface area contributed by atoms with E-state index in [0.29, 0.717) is 22.4 Å². The number of nitrogens with zero attached hydrogens (tertiary/aromatic N) is 2. The van der Waals surface area contributed by atoms with Gasteiger partial charge in [0, 0.05) is 16.8 Å². The van der Waals surface area contributed by atoms with Gasteiger partial charge in [0.1, 0.15) is 0 Å². The maximum Gasteiger partial charge on any atom is 0.277 e. The topological polar surface area (TPSA) is 85.1 Å². The summed E-state index contributed by atoms with van der Waals surface area (Å²) in [5.41, 5.74) is 3.03. The molecule has 1 N–H and O–H groups in total. The quantitative estimate of drug-likeness (QED) is 0.504. The van der Waals surface area contributed by atoms with Crippen LogP contribution >= 0.6 is 11.8 Å². The fraction of sp³-hybridized carbons (Fsp3) is 0.200. The van der Waals surface area contributed by atoms with Crippen molar-refractivity contribution in [3.8, 4) is 11.5 Å². The van der Waals surface area contributed by atoms with Crippen LogP contribution in [0, 0.1) is 6.92 Å². The molecule has 0 aliphatic carbocycles. The molecular formula is C20H19N3O3S. The van der Waals surface area contributed by atoms with E-state index in [1.54, 1.807) is 31.2 Å². The summed E-state index contributed by atoms with van der Waals surface area (Å²) in [5.74, 6) is 0.164. The normalized spacial score (nSPS) is 11.8. The molecule has 0 unspecified atom stereocenters. The van der Waals surface area contributed by atoms with Crippen LogP contribution in [0.4, 0.5) is 5.69 Å². The molecule has 0 spiro atoms. The van der Waals surface area contributed by atoms with Crippen LogP contribution in [0.25, 0.3) is 11.5 Å². The lowest BCUT2D eigenvalue weighted by Gasteiger charge is -2.10. The van der Waals surface area contributed by atoms with Crippen LogP contribution in [0.15, 0.2) is 58.2 Å². The number of benzene rings is 2. The zero-order valence-corrected chi connectivity index (χ0v) is 16.0. The first-order chi connectivity index (χ1) is 12.9. The molecular weight excluding hydrogens is 362 g/mol. The van der Waals surface area contributed by atoms with E-state index in [0.717, 1.165) is 11.1 Å². The van der Waals surface area contributed by atoms with Gasteiger partial charge in [-0.2, -0.15) is 0 Å². The number of rotatable bonds is 6. The van der Waals surface area contributed by atoms with E-state index >= 15 is 0 Å². The summed E-state index contributed by atoms with van der Waals surface area (Å²) in [7, 11) is 0. The van der Waals surface area contributed by atoms with Crippen molar-refractivity contribution in [1.29, 1.82) is 0 Å². The molecule has 0 aliphatic heterocycles. The number of carbonyl (C=O) groups is 2. The van der Waals surface area contributed by atoms with Crippen molar-refractivity contribution in [3.05, 3.63) is 59.7 Å². The minimum absolute atomic E-state index is 0.0527. The average Bonchev–Trinajstić information content (AvgIpc) is 3.10. The second-order valence-corrected chi connectivity index (χ2v) is 7.37. The number of aryl methyl sites for hydroxylation is 1. The summed E-state index contributed by atoms with van der Waals surface area (Å²) in [4.78, 5) is 23.9. The Kier molecular flexibility index (Phi) is 5.71. The second-order valence-electron chi connectivity index (χ2n) is 6.07. The maximum atomic E-state index is 12.4. The van der Waals surface area contributed by atoms with E-state index in [2.05, 4.69) is 15.5 Å². The summed E-state index contributed by atoms with van der Waals surface area (Å²) in [6, 6.07) is 14.6. The Morgan fingerprint density at radius 3 is 2.63 bits per heavy atom. The predicted octanol–water partition coefficient (Wildman–Crippen LogP) is 4.37. The van der Waals surface area contributed by atoms with E-state index < -0.39 is 5.25 Å². The van der Waals surface area contributed by atoms with Gasteiger partial charge in [0.2, 0.25) is 11.8 Å². The van der Waals surface area contributed by atoms with E-state index in [4.69, 9.17) is 4.42 Å². The van der Waals surface area contributed by atoms with Crippen LogP contribution in [-0.4, -0.2) is 27.1 Å². The molecule has 1 heterocycles. The van der Waals surface area contributed by atoms with E-state index in [-0.39, 0.29) is 11.7 Å². The fourth-order valence-corrected chi connectivity index (χ4v) is 3.13. The third kappa shape index (κ3) is 4.62. The minimum Gasteiger partial charge on any atom is -0.411 e. The largest absolute Gasteiger partial charge is 0.411 e. The summed E-state index contributed by atoms with van der Waals surface area (Å²) in [6.45, 7) is 5.21. The lowest BCUT2D eigenvalue weighted by atomic mass is 10.1. The Morgan fingerprint density at radius 2 is 1.89 bits per heavy atom. The molecule has 0 aliphatic rings. The van der Waals surface area contributed by atoms with Crippen LogP contribution in [-0.2, 0) is 4.79 Å². The molecule has 138 valence electrons.